The zero-order chi connectivity index (χ0) is 44.7. The van der Waals surface area contributed by atoms with Crippen LogP contribution in [0.25, 0.3) is 0 Å². The number of methoxy groups -OCH3 is 2. The highest BCUT2D eigenvalue weighted by Crippen LogP contribution is 2.52. The molecule has 0 bridgehead atoms. The second kappa shape index (κ2) is 20.5. The van der Waals surface area contributed by atoms with E-state index in [1.807, 2.05) is 78.9 Å². The first kappa shape index (κ1) is 48.1. The van der Waals surface area contributed by atoms with E-state index in [0.717, 1.165) is 16.7 Å². The SMILES string of the molecule is COc1ccc(C(OC[C@H]2O[C@@H](C3CN(C)C(=O)NC3=O)[C@H](O[Si](C)(C)C(C)(C)C)[C@@H]2OP(OCCC#N)N(C(C)C)C(C)C)(c2ccccc2)c2ccc(OC)cc2)cc1. The summed E-state index contributed by atoms with van der Waals surface area (Å²) < 4.78 is 49.0. The molecule has 2 unspecified atom stereocenters. The van der Waals surface area contributed by atoms with E-state index in [1.54, 1.807) is 21.3 Å². The van der Waals surface area contributed by atoms with Crippen LogP contribution in [0, 0.1) is 17.2 Å². The molecule has 2 heterocycles. The van der Waals surface area contributed by atoms with Crippen molar-refractivity contribution in [3.8, 4) is 17.6 Å². The Morgan fingerprint density at radius 1 is 0.885 bits per heavy atom. The lowest BCUT2D eigenvalue weighted by Crippen LogP contribution is -2.59. The highest BCUT2D eigenvalue weighted by atomic mass is 31.2. The monoisotopic (exact) mass is 876 g/mol. The number of nitriles is 1. The van der Waals surface area contributed by atoms with Gasteiger partial charge in [-0.3, -0.25) is 10.1 Å². The maximum atomic E-state index is 13.9. The lowest BCUT2D eigenvalue weighted by molar-refractivity contribution is -0.136. The van der Waals surface area contributed by atoms with Crippen molar-refractivity contribution in [2.75, 3.05) is 41.0 Å². The highest BCUT2D eigenvalue weighted by Gasteiger charge is 2.57. The fraction of sp³-hybridized carbons (Fsp3) is 0.543. The first-order chi connectivity index (χ1) is 28.9. The molecule has 2 fully saturated rings. The average Bonchev–Trinajstić information content (AvgIpc) is 3.54. The van der Waals surface area contributed by atoms with E-state index in [9.17, 15) is 14.9 Å². The molecule has 2 saturated heterocycles. The smallest absolute Gasteiger partial charge is 0.323 e. The zero-order valence-corrected chi connectivity index (χ0v) is 39.7. The van der Waals surface area contributed by atoms with Crippen LogP contribution in [0.1, 0.15) is 71.6 Å². The molecule has 3 aromatic carbocycles. The minimum Gasteiger partial charge on any atom is -0.497 e. The summed E-state index contributed by atoms with van der Waals surface area (Å²) in [4.78, 5) is 28.1. The van der Waals surface area contributed by atoms with Crippen LogP contribution in [0.15, 0.2) is 78.9 Å². The number of rotatable bonds is 19. The quantitative estimate of drug-likeness (QED) is 0.0536. The Hall–Kier alpha value is -3.90. The molecule has 5 rings (SSSR count). The molecule has 6 atom stereocenters. The van der Waals surface area contributed by atoms with E-state index in [1.165, 1.54) is 4.90 Å². The normalized spacial score (nSPS) is 21.8. The Morgan fingerprint density at radius 3 is 1.92 bits per heavy atom. The van der Waals surface area contributed by atoms with Crippen LogP contribution in [0.5, 0.6) is 11.5 Å². The van der Waals surface area contributed by atoms with Gasteiger partial charge < -0.3 is 37.3 Å². The number of carbonyl (C=O) groups is 2. The minimum absolute atomic E-state index is 0.0143. The molecule has 0 aliphatic carbocycles. The second-order valence-electron chi connectivity index (χ2n) is 17.7. The number of nitrogens with zero attached hydrogens (tertiary/aromatic N) is 3. The molecule has 0 aromatic heterocycles. The van der Waals surface area contributed by atoms with E-state index in [-0.39, 0.29) is 43.3 Å². The molecule has 0 saturated carbocycles. The number of hydrogen-bond acceptors (Lipinski definition) is 11. The van der Waals surface area contributed by atoms with E-state index in [4.69, 9.17) is 32.4 Å². The predicted molar refractivity (Wildman–Crippen MR) is 239 cm³/mol. The van der Waals surface area contributed by atoms with Gasteiger partial charge in [0, 0.05) is 25.7 Å². The predicted octanol–water partition coefficient (Wildman–Crippen LogP) is 8.63. The number of ether oxygens (including phenoxy) is 4. The summed E-state index contributed by atoms with van der Waals surface area (Å²) in [5.74, 6) is 0.166. The van der Waals surface area contributed by atoms with E-state index in [0.29, 0.717) is 11.5 Å². The number of carbonyl (C=O) groups excluding carboxylic acids is 2. The maximum absolute atomic E-state index is 13.9. The third-order valence-electron chi connectivity index (χ3n) is 11.9. The molecule has 2 aliphatic heterocycles. The Balaban J connectivity index is 1.71. The van der Waals surface area contributed by atoms with Crippen molar-refractivity contribution in [1.82, 2.24) is 14.9 Å². The molecule has 0 spiro atoms. The van der Waals surface area contributed by atoms with Gasteiger partial charge in [-0.05, 0) is 86.8 Å². The van der Waals surface area contributed by atoms with Crippen LogP contribution >= 0.6 is 8.53 Å². The van der Waals surface area contributed by atoms with Crippen molar-refractivity contribution in [3.05, 3.63) is 95.6 Å². The van der Waals surface area contributed by atoms with Crippen molar-refractivity contribution in [2.45, 2.75) is 115 Å². The summed E-state index contributed by atoms with van der Waals surface area (Å²) >= 11 is 0. The van der Waals surface area contributed by atoms with Crippen molar-refractivity contribution in [2.24, 2.45) is 5.92 Å². The Morgan fingerprint density at radius 2 is 1.43 bits per heavy atom. The topological polar surface area (TPSA) is 141 Å². The van der Waals surface area contributed by atoms with Gasteiger partial charge in [0.2, 0.25) is 5.91 Å². The summed E-state index contributed by atoms with van der Waals surface area (Å²) in [6.45, 7) is 19.4. The van der Waals surface area contributed by atoms with E-state index < -0.39 is 64.7 Å². The average molecular weight is 877 g/mol. The Bertz CT molecular complexity index is 1880. The fourth-order valence-electron chi connectivity index (χ4n) is 7.68. The first-order valence-corrected chi connectivity index (χ1v) is 25.0. The summed E-state index contributed by atoms with van der Waals surface area (Å²) in [7, 11) is 0.505. The largest absolute Gasteiger partial charge is 0.497 e. The van der Waals surface area contributed by atoms with Crippen LogP contribution in [-0.4, -0.2) is 107 Å². The molecule has 3 aromatic rings. The summed E-state index contributed by atoms with van der Waals surface area (Å²) in [5, 5.41) is 11.8. The van der Waals surface area contributed by atoms with Crippen LogP contribution in [0.4, 0.5) is 4.79 Å². The molecule has 2 aliphatic rings. The number of benzene rings is 3. The molecule has 61 heavy (non-hydrogen) atoms. The maximum Gasteiger partial charge on any atom is 0.323 e. The minimum atomic E-state index is -2.62. The highest BCUT2D eigenvalue weighted by molar-refractivity contribution is 7.44. The summed E-state index contributed by atoms with van der Waals surface area (Å²) in [6, 6.07) is 27.4. The van der Waals surface area contributed by atoms with Gasteiger partial charge in [0.15, 0.2) is 8.32 Å². The molecule has 0 radical (unpaired) electrons. The number of urea groups is 1. The summed E-state index contributed by atoms with van der Waals surface area (Å²) in [6.07, 6.45) is -3.05. The summed E-state index contributed by atoms with van der Waals surface area (Å²) in [5.41, 5.74) is 1.36. The van der Waals surface area contributed by atoms with Crippen LogP contribution in [0.2, 0.25) is 18.1 Å². The van der Waals surface area contributed by atoms with Gasteiger partial charge in [-0.2, -0.15) is 5.26 Å². The standard InChI is InChI=1S/C46H65N4O9PSi/c1-31(2)50(32(3)4)60(56-28-16-27-47)58-41-39(57-40(38-29-49(8)44(52)48-43(38)51)42(41)59-61(11,12)45(5,6)7)30-55-46(33-17-14-13-15-18-33,34-19-23-36(53-9)24-20-34)35-21-25-37(54-10)26-22-35/h13-15,17-26,31-32,38-42H,16,28-30H2,1-12H3,(H,48,51,52)/t38?,39-,40+,41-,42+,60?/m1/s1. The van der Waals surface area contributed by atoms with Crippen LogP contribution in [-0.2, 0) is 33.3 Å². The van der Waals surface area contributed by atoms with Crippen molar-refractivity contribution < 1.29 is 42.0 Å². The third kappa shape index (κ3) is 10.8. The molecule has 3 amide bonds. The van der Waals surface area contributed by atoms with Gasteiger partial charge in [-0.1, -0.05) is 75.4 Å². The van der Waals surface area contributed by atoms with Crippen molar-refractivity contribution >= 4 is 28.8 Å². The molecular formula is C46H65N4O9PSi. The van der Waals surface area contributed by atoms with Crippen LogP contribution in [0.3, 0.4) is 0 Å². The van der Waals surface area contributed by atoms with Crippen molar-refractivity contribution in [1.29, 1.82) is 5.26 Å². The first-order valence-electron chi connectivity index (χ1n) is 21.0. The van der Waals surface area contributed by atoms with Gasteiger partial charge in [-0.15, -0.1) is 0 Å². The van der Waals surface area contributed by atoms with Gasteiger partial charge >= 0.3 is 6.03 Å². The Labute approximate surface area is 365 Å². The van der Waals surface area contributed by atoms with Crippen molar-refractivity contribution in [3.63, 3.8) is 0 Å². The third-order valence-corrected chi connectivity index (χ3v) is 18.5. The van der Waals surface area contributed by atoms with Gasteiger partial charge in [0.05, 0.1) is 51.9 Å². The lowest BCUT2D eigenvalue weighted by Gasteiger charge is -2.43. The number of nitrogens with one attached hydrogen (secondary N) is 1. The van der Waals surface area contributed by atoms with E-state index in [2.05, 4.69) is 77.6 Å². The Kier molecular flexibility index (Phi) is 16.2. The van der Waals surface area contributed by atoms with Gasteiger partial charge in [0.1, 0.15) is 35.4 Å². The van der Waals surface area contributed by atoms with Crippen LogP contribution < -0.4 is 14.8 Å². The second-order valence-corrected chi connectivity index (χ2v) is 23.9. The molecule has 15 heteroatoms. The molecule has 332 valence electrons. The molecular weight excluding hydrogens is 812 g/mol. The van der Waals surface area contributed by atoms with Gasteiger partial charge in [0.25, 0.3) is 8.53 Å². The number of hydrogen-bond donors (Lipinski definition) is 1. The fourth-order valence-corrected chi connectivity index (χ4v) is 10.8. The lowest BCUT2D eigenvalue weighted by atomic mass is 9.80. The van der Waals surface area contributed by atoms with E-state index >= 15 is 0 Å². The number of imide groups is 1. The number of amides is 3. The molecule has 13 nitrogen and oxygen atoms in total. The molecule has 1 N–H and O–H groups in total. The zero-order valence-electron chi connectivity index (χ0n) is 37.8. The van der Waals surface area contributed by atoms with Gasteiger partial charge in [-0.25, -0.2) is 9.46 Å².